The number of benzene rings is 1. The van der Waals surface area contributed by atoms with Crippen molar-refractivity contribution in [2.24, 2.45) is 0 Å². The molecule has 2 rings (SSSR count). The fourth-order valence-electron chi connectivity index (χ4n) is 1.78. The number of nitrogens with zero attached hydrogens (tertiary/aromatic N) is 1. The molecule has 116 valence electrons. The topological polar surface area (TPSA) is 93.1 Å². The SMILES string of the molecule is COc1cccc(/C=C2/SC(=O)N(C)C2=O)c1OCC(=O)O. The van der Waals surface area contributed by atoms with Crippen molar-refractivity contribution in [2.75, 3.05) is 20.8 Å². The van der Waals surface area contributed by atoms with Crippen LogP contribution in [0.5, 0.6) is 11.5 Å². The van der Waals surface area contributed by atoms with Gasteiger partial charge in [-0.05, 0) is 23.9 Å². The number of imide groups is 1. The van der Waals surface area contributed by atoms with Gasteiger partial charge in [0.05, 0.1) is 12.0 Å². The Morgan fingerprint density at radius 2 is 2.14 bits per heavy atom. The highest BCUT2D eigenvalue weighted by molar-refractivity contribution is 8.18. The van der Waals surface area contributed by atoms with Gasteiger partial charge in [-0.15, -0.1) is 0 Å². The van der Waals surface area contributed by atoms with E-state index in [4.69, 9.17) is 14.6 Å². The van der Waals surface area contributed by atoms with Gasteiger partial charge < -0.3 is 14.6 Å². The number of aliphatic carboxylic acids is 1. The molecule has 0 bridgehead atoms. The van der Waals surface area contributed by atoms with E-state index in [1.807, 2.05) is 0 Å². The van der Waals surface area contributed by atoms with Gasteiger partial charge in [0, 0.05) is 12.6 Å². The fourth-order valence-corrected chi connectivity index (χ4v) is 2.60. The predicted molar refractivity (Wildman–Crippen MR) is 79.9 cm³/mol. The highest BCUT2D eigenvalue weighted by Crippen LogP contribution is 2.36. The largest absolute Gasteiger partial charge is 0.493 e. The van der Waals surface area contributed by atoms with E-state index in [0.717, 1.165) is 16.7 Å². The molecule has 0 aromatic heterocycles. The molecule has 0 saturated carbocycles. The van der Waals surface area contributed by atoms with E-state index in [1.165, 1.54) is 20.2 Å². The van der Waals surface area contributed by atoms with Crippen molar-refractivity contribution in [3.63, 3.8) is 0 Å². The summed E-state index contributed by atoms with van der Waals surface area (Å²) < 4.78 is 10.4. The summed E-state index contributed by atoms with van der Waals surface area (Å²) in [5.74, 6) is -1.01. The van der Waals surface area contributed by atoms with Crippen LogP contribution < -0.4 is 9.47 Å². The number of carbonyl (C=O) groups excluding carboxylic acids is 2. The number of carbonyl (C=O) groups is 3. The van der Waals surface area contributed by atoms with Crippen molar-refractivity contribution in [3.8, 4) is 11.5 Å². The molecular formula is C14H13NO6S. The fraction of sp³-hybridized carbons (Fsp3) is 0.214. The van der Waals surface area contributed by atoms with Gasteiger partial charge in [0.25, 0.3) is 11.1 Å². The van der Waals surface area contributed by atoms with Gasteiger partial charge in [0.15, 0.2) is 18.1 Å². The monoisotopic (exact) mass is 323 g/mol. The lowest BCUT2D eigenvalue weighted by atomic mass is 10.1. The van der Waals surface area contributed by atoms with E-state index in [0.29, 0.717) is 11.3 Å². The Balaban J connectivity index is 2.40. The number of carboxylic acid groups (broad SMARTS) is 1. The number of para-hydroxylation sites is 1. The molecular weight excluding hydrogens is 310 g/mol. The first-order chi connectivity index (χ1) is 10.4. The van der Waals surface area contributed by atoms with Crippen LogP contribution in [-0.4, -0.2) is 47.9 Å². The van der Waals surface area contributed by atoms with E-state index >= 15 is 0 Å². The maximum atomic E-state index is 11.9. The lowest BCUT2D eigenvalue weighted by Gasteiger charge is -2.12. The van der Waals surface area contributed by atoms with Crippen LogP contribution in [-0.2, 0) is 9.59 Å². The number of ether oxygens (including phenoxy) is 2. The Morgan fingerprint density at radius 3 is 2.68 bits per heavy atom. The average molecular weight is 323 g/mol. The van der Waals surface area contributed by atoms with Gasteiger partial charge in [0.1, 0.15) is 0 Å². The second kappa shape index (κ2) is 6.52. The normalized spacial score (nSPS) is 16.3. The first kappa shape index (κ1) is 15.9. The molecule has 22 heavy (non-hydrogen) atoms. The zero-order chi connectivity index (χ0) is 16.3. The molecule has 0 unspecified atom stereocenters. The Hall–Kier alpha value is -2.48. The number of rotatable bonds is 5. The number of thioether (sulfide) groups is 1. The Bertz CT molecular complexity index is 669. The van der Waals surface area contributed by atoms with Crippen LogP contribution in [0, 0.1) is 0 Å². The molecule has 0 atom stereocenters. The molecule has 1 aliphatic heterocycles. The van der Waals surface area contributed by atoms with E-state index < -0.39 is 18.5 Å². The predicted octanol–water partition coefficient (Wildman–Crippen LogP) is 1.82. The Morgan fingerprint density at radius 1 is 1.41 bits per heavy atom. The van der Waals surface area contributed by atoms with Crippen molar-refractivity contribution in [1.29, 1.82) is 0 Å². The highest BCUT2D eigenvalue weighted by atomic mass is 32.2. The van der Waals surface area contributed by atoms with E-state index in [1.54, 1.807) is 18.2 Å². The second-order valence-electron chi connectivity index (χ2n) is 4.30. The quantitative estimate of drug-likeness (QED) is 0.826. The van der Waals surface area contributed by atoms with Crippen LogP contribution in [0.1, 0.15) is 5.56 Å². The zero-order valence-corrected chi connectivity index (χ0v) is 12.7. The van der Waals surface area contributed by atoms with Crippen LogP contribution in [0.25, 0.3) is 6.08 Å². The summed E-state index contributed by atoms with van der Waals surface area (Å²) in [6, 6.07) is 4.93. The molecule has 1 aromatic carbocycles. The maximum absolute atomic E-state index is 11.9. The van der Waals surface area contributed by atoms with Gasteiger partial charge in [-0.25, -0.2) is 4.79 Å². The molecule has 2 amide bonds. The van der Waals surface area contributed by atoms with E-state index in [9.17, 15) is 14.4 Å². The van der Waals surface area contributed by atoms with Gasteiger partial charge in [-0.3, -0.25) is 14.5 Å². The third-order valence-corrected chi connectivity index (χ3v) is 3.80. The third-order valence-electron chi connectivity index (χ3n) is 2.84. The molecule has 7 nitrogen and oxygen atoms in total. The molecule has 0 aliphatic carbocycles. The minimum Gasteiger partial charge on any atom is -0.493 e. The second-order valence-corrected chi connectivity index (χ2v) is 5.29. The minimum absolute atomic E-state index is 0.204. The zero-order valence-electron chi connectivity index (χ0n) is 11.9. The number of likely N-dealkylation sites (N-methyl/N-ethyl adjacent to an activating group) is 1. The first-order valence-electron chi connectivity index (χ1n) is 6.17. The maximum Gasteiger partial charge on any atom is 0.341 e. The summed E-state index contributed by atoms with van der Waals surface area (Å²) in [7, 11) is 2.82. The summed E-state index contributed by atoms with van der Waals surface area (Å²) >= 11 is 0.809. The van der Waals surface area contributed by atoms with Crippen molar-refractivity contribution in [1.82, 2.24) is 4.90 Å². The van der Waals surface area contributed by atoms with Gasteiger partial charge in [0.2, 0.25) is 0 Å². The molecule has 1 fully saturated rings. The Labute approximate surface area is 130 Å². The molecule has 1 aromatic rings. The van der Waals surface area contributed by atoms with Crippen LogP contribution in [0.4, 0.5) is 4.79 Å². The molecule has 0 radical (unpaired) electrons. The highest BCUT2D eigenvalue weighted by Gasteiger charge is 2.32. The summed E-state index contributed by atoms with van der Waals surface area (Å²) in [5, 5.41) is 8.37. The molecule has 0 spiro atoms. The van der Waals surface area contributed by atoms with Gasteiger partial charge in [-0.2, -0.15) is 0 Å². The van der Waals surface area contributed by atoms with Crippen molar-refractivity contribution < 1.29 is 29.0 Å². The van der Waals surface area contributed by atoms with Crippen LogP contribution in [0.15, 0.2) is 23.1 Å². The number of hydrogen-bond donors (Lipinski definition) is 1. The van der Waals surface area contributed by atoms with Crippen LogP contribution in [0.3, 0.4) is 0 Å². The lowest BCUT2D eigenvalue weighted by Crippen LogP contribution is -2.22. The van der Waals surface area contributed by atoms with Crippen molar-refractivity contribution >= 4 is 35.0 Å². The lowest BCUT2D eigenvalue weighted by molar-refractivity contribution is -0.139. The average Bonchev–Trinajstić information content (AvgIpc) is 2.72. The van der Waals surface area contributed by atoms with Crippen LogP contribution in [0.2, 0.25) is 0 Å². The molecule has 8 heteroatoms. The van der Waals surface area contributed by atoms with E-state index in [2.05, 4.69) is 0 Å². The number of methoxy groups -OCH3 is 1. The number of hydrogen-bond acceptors (Lipinski definition) is 6. The van der Waals surface area contributed by atoms with Gasteiger partial charge in [-0.1, -0.05) is 12.1 Å². The first-order valence-corrected chi connectivity index (χ1v) is 6.99. The summed E-state index contributed by atoms with van der Waals surface area (Å²) in [6.45, 7) is -0.545. The summed E-state index contributed by atoms with van der Waals surface area (Å²) in [4.78, 5) is 35.3. The molecule has 1 saturated heterocycles. The van der Waals surface area contributed by atoms with Crippen molar-refractivity contribution in [2.45, 2.75) is 0 Å². The van der Waals surface area contributed by atoms with Crippen molar-refractivity contribution in [3.05, 3.63) is 28.7 Å². The molecule has 1 aliphatic rings. The smallest absolute Gasteiger partial charge is 0.341 e. The van der Waals surface area contributed by atoms with Gasteiger partial charge >= 0.3 is 5.97 Å². The molecule has 1 N–H and O–H groups in total. The third kappa shape index (κ3) is 3.22. The standard InChI is InChI=1S/C14H13NO6S/c1-15-13(18)10(22-14(15)19)6-8-4-3-5-9(20-2)12(8)21-7-11(16)17/h3-6H,7H2,1-2H3,(H,16,17)/b10-6+. The Kier molecular flexibility index (Phi) is 4.71. The molecule has 1 heterocycles. The van der Waals surface area contributed by atoms with Crippen LogP contribution >= 0.6 is 11.8 Å². The summed E-state index contributed by atoms with van der Waals surface area (Å²) in [6.07, 6.45) is 1.48. The van der Waals surface area contributed by atoms with E-state index in [-0.39, 0.29) is 15.9 Å². The number of carboxylic acids is 1. The number of amides is 2. The minimum atomic E-state index is -1.13. The summed E-state index contributed by atoms with van der Waals surface area (Å²) in [5.41, 5.74) is 0.458.